The summed E-state index contributed by atoms with van der Waals surface area (Å²) in [5.41, 5.74) is 6.55. The van der Waals surface area contributed by atoms with Crippen LogP contribution in [0.25, 0.3) is 0 Å². The van der Waals surface area contributed by atoms with Gasteiger partial charge in [-0.2, -0.15) is 0 Å². The van der Waals surface area contributed by atoms with Crippen molar-refractivity contribution in [2.45, 2.75) is 33.2 Å². The van der Waals surface area contributed by atoms with Crippen LogP contribution in [0.2, 0.25) is 0 Å². The van der Waals surface area contributed by atoms with Crippen molar-refractivity contribution in [2.24, 2.45) is 16.6 Å². The number of likely N-dealkylation sites (tertiary alicyclic amines) is 1. The van der Waals surface area contributed by atoms with Crippen LogP contribution in [-0.4, -0.2) is 48.9 Å². The first-order valence-corrected chi connectivity index (χ1v) is 9.18. The van der Waals surface area contributed by atoms with Gasteiger partial charge in [0, 0.05) is 25.2 Å². The maximum Gasteiger partial charge on any atom is 0.251 e. The van der Waals surface area contributed by atoms with E-state index in [1.807, 2.05) is 12.1 Å². The van der Waals surface area contributed by atoms with Gasteiger partial charge in [0.15, 0.2) is 5.96 Å². The minimum Gasteiger partial charge on any atom is -0.368 e. The maximum atomic E-state index is 11.9. The van der Waals surface area contributed by atoms with Crippen LogP contribution in [0.5, 0.6) is 0 Å². The van der Waals surface area contributed by atoms with E-state index in [4.69, 9.17) is 10.7 Å². The Hall–Kier alpha value is -1.84. The number of carbonyl (C=O) groups is 2. The van der Waals surface area contributed by atoms with Gasteiger partial charge in [-0.15, -0.1) is 24.0 Å². The molecule has 0 radical (unpaired) electrons. The highest BCUT2D eigenvalue weighted by molar-refractivity contribution is 14.0. The predicted molar refractivity (Wildman–Crippen MR) is 118 cm³/mol. The van der Waals surface area contributed by atoms with E-state index in [1.165, 1.54) is 12.8 Å². The maximum absolute atomic E-state index is 11.9. The molecule has 1 saturated heterocycles. The van der Waals surface area contributed by atoms with Gasteiger partial charge < -0.3 is 21.3 Å². The lowest BCUT2D eigenvalue weighted by Gasteiger charge is -2.33. The molecule has 1 unspecified atom stereocenters. The number of aliphatic imine (C=N–C) groups is 1. The number of hydrogen-bond donors (Lipinski definition) is 3. The first-order chi connectivity index (χ1) is 12.5. The SMILES string of the molecule is CCNC(=NCc1ccc(C(=O)NCC(N)=O)cc1)N1CCCC(C)C1.I. The number of nitrogens with two attached hydrogens (primary N) is 1. The van der Waals surface area contributed by atoms with Crippen LogP contribution in [-0.2, 0) is 11.3 Å². The highest BCUT2D eigenvalue weighted by atomic mass is 127. The van der Waals surface area contributed by atoms with E-state index in [0.717, 1.165) is 31.2 Å². The zero-order chi connectivity index (χ0) is 18.9. The summed E-state index contributed by atoms with van der Waals surface area (Å²) in [4.78, 5) is 29.7. The number of nitrogens with one attached hydrogen (secondary N) is 2. The second-order valence-corrected chi connectivity index (χ2v) is 6.71. The summed E-state index contributed by atoms with van der Waals surface area (Å²) in [6.07, 6.45) is 2.47. The molecule has 1 aliphatic rings. The first-order valence-electron chi connectivity index (χ1n) is 9.18. The van der Waals surface area contributed by atoms with Gasteiger partial charge in [0.25, 0.3) is 5.91 Å². The summed E-state index contributed by atoms with van der Waals surface area (Å²) in [5.74, 6) is 0.759. The van der Waals surface area contributed by atoms with Gasteiger partial charge in [-0.3, -0.25) is 9.59 Å². The lowest BCUT2D eigenvalue weighted by Crippen LogP contribution is -2.46. The third-order valence-corrected chi connectivity index (χ3v) is 4.34. The van der Waals surface area contributed by atoms with E-state index >= 15 is 0 Å². The molecule has 0 bridgehead atoms. The molecule has 150 valence electrons. The largest absolute Gasteiger partial charge is 0.368 e. The Morgan fingerprint density at radius 2 is 1.96 bits per heavy atom. The molecular weight excluding hydrogens is 457 g/mol. The van der Waals surface area contributed by atoms with Crippen LogP contribution in [0.4, 0.5) is 0 Å². The molecule has 2 amide bonds. The molecule has 0 saturated carbocycles. The smallest absolute Gasteiger partial charge is 0.251 e. The van der Waals surface area contributed by atoms with E-state index in [1.54, 1.807) is 12.1 Å². The topological polar surface area (TPSA) is 99.8 Å². The first kappa shape index (κ1) is 23.2. The summed E-state index contributed by atoms with van der Waals surface area (Å²) < 4.78 is 0. The van der Waals surface area contributed by atoms with E-state index in [0.29, 0.717) is 18.0 Å². The molecule has 1 fully saturated rings. The molecule has 1 aromatic rings. The van der Waals surface area contributed by atoms with E-state index in [-0.39, 0.29) is 36.4 Å². The van der Waals surface area contributed by atoms with Crippen molar-refractivity contribution in [2.75, 3.05) is 26.2 Å². The van der Waals surface area contributed by atoms with Gasteiger partial charge in [0.05, 0.1) is 13.1 Å². The zero-order valence-corrected chi connectivity index (χ0v) is 18.4. The second kappa shape index (κ2) is 11.8. The number of piperidine rings is 1. The monoisotopic (exact) mass is 487 g/mol. The quantitative estimate of drug-likeness (QED) is 0.323. The fourth-order valence-corrected chi connectivity index (χ4v) is 3.00. The summed E-state index contributed by atoms with van der Waals surface area (Å²) in [5, 5.41) is 5.84. The summed E-state index contributed by atoms with van der Waals surface area (Å²) in [7, 11) is 0. The summed E-state index contributed by atoms with van der Waals surface area (Å²) in [6, 6.07) is 7.23. The van der Waals surface area contributed by atoms with Gasteiger partial charge in [0.2, 0.25) is 5.91 Å². The zero-order valence-electron chi connectivity index (χ0n) is 16.0. The van der Waals surface area contributed by atoms with Crippen molar-refractivity contribution >= 4 is 41.8 Å². The van der Waals surface area contributed by atoms with Gasteiger partial charge in [-0.05, 0) is 43.4 Å². The number of guanidine groups is 1. The molecule has 4 N–H and O–H groups in total. The Kier molecular flexibility index (Phi) is 10.1. The minimum atomic E-state index is -0.563. The van der Waals surface area contributed by atoms with Crippen molar-refractivity contribution in [3.63, 3.8) is 0 Å². The van der Waals surface area contributed by atoms with Gasteiger partial charge in [-0.25, -0.2) is 4.99 Å². The van der Waals surface area contributed by atoms with Crippen molar-refractivity contribution in [3.8, 4) is 0 Å². The Morgan fingerprint density at radius 1 is 1.26 bits per heavy atom. The number of benzene rings is 1. The van der Waals surface area contributed by atoms with Crippen LogP contribution in [0, 0.1) is 5.92 Å². The molecule has 1 aliphatic heterocycles. The fraction of sp³-hybridized carbons (Fsp3) is 0.526. The number of amides is 2. The molecule has 0 spiro atoms. The average Bonchev–Trinajstić information content (AvgIpc) is 2.63. The standard InChI is InChI=1S/C19H29N5O2.HI/c1-3-21-19(24-10-4-5-14(2)13-24)23-11-15-6-8-16(9-7-15)18(26)22-12-17(20)25;/h6-9,14H,3-5,10-13H2,1-2H3,(H2,20,25)(H,21,23)(H,22,26);1H. The number of halogens is 1. The molecule has 8 heteroatoms. The van der Waals surface area contributed by atoms with E-state index in [2.05, 4.69) is 29.4 Å². The number of hydrogen-bond acceptors (Lipinski definition) is 3. The Bertz CT molecular complexity index is 648. The lowest BCUT2D eigenvalue weighted by molar-refractivity contribution is -0.117. The molecule has 2 rings (SSSR count). The van der Waals surface area contributed by atoms with Crippen LogP contribution in [0.1, 0.15) is 42.6 Å². The number of nitrogens with zero attached hydrogens (tertiary/aromatic N) is 2. The van der Waals surface area contributed by atoms with Crippen molar-refractivity contribution in [3.05, 3.63) is 35.4 Å². The van der Waals surface area contributed by atoms with Crippen molar-refractivity contribution in [1.29, 1.82) is 0 Å². The Morgan fingerprint density at radius 3 is 2.56 bits per heavy atom. The van der Waals surface area contributed by atoms with Crippen LogP contribution in [0.3, 0.4) is 0 Å². The molecule has 0 aromatic heterocycles. The number of carbonyl (C=O) groups excluding carboxylic acids is 2. The van der Waals surface area contributed by atoms with Crippen LogP contribution in [0.15, 0.2) is 29.3 Å². The van der Waals surface area contributed by atoms with Gasteiger partial charge >= 0.3 is 0 Å². The summed E-state index contributed by atoms with van der Waals surface area (Å²) >= 11 is 0. The third kappa shape index (κ3) is 7.74. The highest BCUT2D eigenvalue weighted by Gasteiger charge is 2.19. The average molecular weight is 487 g/mol. The number of primary amides is 1. The molecule has 1 heterocycles. The van der Waals surface area contributed by atoms with Crippen molar-refractivity contribution in [1.82, 2.24) is 15.5 Å². The summed E-state index contributed by atoms with van der Waals surface area (Å²) in [6.45, 7) is 7.64. The van der Waals surface area contributed by atoms with Crippen LogP contribution < -0.4 is 16.4 Å². The minimum absolute atomic E-state index is 0. The second-order valence-electron chi connectivity index (χ2n) is 6.71. The Balaban J connectivity index is 0.00000364. The molecule has 7 nitrogen and oxygen atoms in total. The third-order valence-electron chi connectivity index (χ3n) is 4.34. The predicted octanol–water partition coefficient (Wildman–Crippen LogP) is 1.72. The molecule has 1 atom stereocenters. The van der Waals surface area contributed by atoms with Gasteiger partial charge in [-0.1, -0.05) is 19.1 Å². The van der Waals surface area contributed by atoms with Crippen LogP contribution >= 0.6 is 24.0 Å². The van der Waals surface area contributed by atoms with Crippen molar-refractivity contribution < 1.29 is 9.59 Å². The lowest BCUT2D eigenvalue weighted by atomic mass is 10.0. The highest BCUT2D eigenvalue weighted by Crippen LogP contribution is 2.16. The molecular formula is C19H30IN5O2. The number of rotatable bonds is 6. The van der Waals surface area contributed by atoms with E-state index < -0.39 is 5.91 Å². The fourth-order valence-electron chi connectivity index (χ4n) is 3.00. The normalized spacial score (nSPS) is 17.0. The molecule has 27 heavy (non-hydrogen) atoms. The van der Waals surface area contributed by atoms with E-state index in [9.17, 15) is 9.59 Å². The molecule has 1 aromatic carbocycles. The molecule has 0 aliphatic carbocycles. The Labute approximate surface area is 178 Å². The van der Waals surface area contributed by atoms with Gasteiger partial charge in [0.1, 0.15) is 0 Å².